The summed E-state index contributed by atoms with van der Waals surface area (Å²) in [4.78, 5) is 4.06. The Hall–Kier alpha value is -1.40. The fraction of sp³-hybridized carbons (Fsp3) is 0.267. The summed E-state index contributed by atoms with van der Waals surface area (Å²) in [6.07, 6.45) is 0.253. The molecular weight excluding hydrogens is 345 g/mol. The highest BCUT2D eigenvalue weighted by molar-refractivity contribution is 9.10. The maximum absolute atomic E-state index is 12.5. The summed E-state index contributed by atoms with van der Waals surface area (Å²) < 4.78 is 38.3. The molecule has 1 heterocycles. The molecule has 2 aromatic rings. The van der Waals surface area contributed by atoms with Gasteiger partial charge in [0.05, 0.1) is 5.56 Å². The van der Waals surface area contributed by atoms with E-state index < -0.39 is 11.7 Å². The molecule has 0 saturated carbocycles. The number of alkyl halides is 3. The van der Waals surface area contributed by atoms with Crippen molar-refractivity contribution in [2.45, 2.75) is 25.1 Å². The topological polar surface area (TPSA) is 38.9 Å². The van der Waals surface area contributed by atoms with Gasteiger partial charge >= 0.3 is 6.18 Å². The normalized spacial score (nSPS) is 13.2. The molecule has 0 bridgehead atoms. The molecule has 1 atom stereocenters. The van der Waals surface area contributed by atoms with Crippen molar-refractivity contribution in [2.24, 2.45) is 5.73 Å². The SMILES string of the molecule is NC(Cc1ccc(C(F)(F)F)cc1)Cc1cncc(Br)c1. The fourth-order valence-electron chi connectivity index (χ4n) is 2.07. The average Bonchev–Trinajstić information content (AvgIpc) is 2.38. The summed E-state index contributed by atoms with van der Waals surface area (Å²) in [6, 6.07) is 6.88. The van der Waals surface area contributed by atoms with Crippen molar-refractivity contribution in [3.8, 4) is 0 Å². The van der Waals surface area contributed by atoms with E-state index in [9.17, 15) is 13.2 Å². The molecule has 1 aromatic heterocycles. The van der Waals surface area contributed by atoms with Crippen molar-refractivity contribution in [3.05, 3.63) is 63.9 Å². The summed E-state index contributed by atoms with van der Waals surface area (Å²) in [7, 11) is 0. The van der Waals surface area contributed by atoms with Crippen LogP contribution >= 0.6 is 15.9 Å². The monoisotopic (exact) mass is 358 g/mol. The number of benzene rings is 1. The van der Waals surface area contributed by atoms with Crippen LogP contribution in [0.25, 0.3) is 0 Å². The lowest BCUT2D eigenvalue weighted by Gasteiger charge is -2.13. The molecule has 21 heavy (non-hydrogen) atoms. The first-order valence-electron chi connectivity index (χ1n) is 6.36. The molecule has 1 aromatic carbocycles. The van der Waals surface area contributed by atoms with E-state index in [-0.39, 0.29) is 6.04 Å². The average molecular weight is 359 g/mol. The van der Waals surface area contributed by atoms with Crippen LogP contribution in [0.15, 0.2) is 47.2 Å². The van der Waals surface area contributed by atoms with Crippen molar-refractivity contribution in [2.75, 3.05) is 0 Å². The summed E-state index contributed by atoms with van der Waals surface area (Å²) in [5.74, 6) is 0. The largest absolute Gasteiger partial charge is 0.416 e. The minimum absolute atomic E-state index is 0.169. The van der Waals surface area contributed by atoms with Crippen molar-refractivity contribution >= 4 is 15.9 Å². The van der Waals surface area contributed by atoms with E-state index in [4.69, 9.17) is 5.73 Å². The van der Waals surface area contributed by atoms with Crippen molar-refractivity contribution in [1.29, 1.82) is 0 Å². The van der Waals surface area contributed by atoms with E-state index in [1.54, 1.807) is 12.4 Å². The summed E-state index contributed by atoms with van der Waals surface area (Å²) in [5, 5.41) is 0. The highest BCUT2D eigenvalue weighted by atomic mass is 79.9. The maximum Gasteiger partial charge on any atom is 0.416 e. The smallest absolute Gasteiger partial charge is 0.327 e. The number of aromatic nitrogens is 1. The van der Waals surface area contributed by atoms with Crippen LogP contribution in [0.3, 0.4) is 0 Å². The molecule has 112 valence electrons. The minimum atomic E-state index is -4.30. The number of nitrogens with two attached hydrogens (primary N) is 1. The lowest BCUT2D eigenvalue weighted by atomic mass is 10.00. The van der Waals surface area contributed by atoms with Gasteiger partial charge in [0.1, 0.15) is 0 Å². The quantitative estimate of drug-likeness (QED) is 0.897. The predicted octanol–water partition coefficient (Wildman–Crippen LogP) is 3.98. The van der Waals surface area contributed by atoms with Crippen LogP contribution < -0.4 is 5.73 Å². The third-order valence-corrected chi connectivity index (χ3v) is 3.47. The van der Waals surface area contributed by atoms with Crippen LogP contribution in [0.1, 0.15) is 16.7 Å². The van der Waals surface area contributed by atoms with Crippen molar-refractivity contribution < 1.29 is 13.2 Å². The van der Waals surface area contributed by atoms with Gasteiger partial charge in [0, 0.05) is 22.9 Å². The molecule has 1 unspecified atom stereocenters. The summed E-state index contributed by atoms with van der Waals surface area (Å²) in [6.45, 7) is 0. The van der Waals surface area contributed by atoms with Gasteiger partial charge in [-0.15, -0.1) is 0 Å². The Bertz CT molecular complexity index is 597. The lowest BCUT2D eigenvalue weighted by molar-refractivity contribution is -0.137. The first-order valence-corrected chi connectivity index (χ1v) is 7.15. The molecule has 0 amide bonds. The van der Waals surface area contributed by atoms with E-state index in [0.29, 0.717) is 12.8 Å². The Labute approximate surface area is 129 Å². The first-order chi connectivity index (χ1) is 9.84. The van der Waals surface area contributed by atoms with Crippen LogP contribution in [0.2, 0.25) is 0 Å². The van der Waals surface area contributed by atoms with Gasteiger partial charge in [-0.05, 0) is 58.1 Å². The summed E-state index contributed by atoms with van der Waals surface area (Å²) >= 11 is 3.34. The molecule has 2 N–H and O–H groups in total. The molecule has 0 fully saturated rings. The van der Waals surface area contributed by atoms with Gasteiger partial charge in [0.25, 0.3) is 0 Å². The number of nitrogens with zero attached hydrogens (tertiary/aromatic N) is 1. The van der Waals surface area contributed by atoms with Crippen LogP contribution in [0.4, 0.5) is 13.2 Å². The highest BCUT2D eigenvalue weighted by Gasteiger charge is 2.29. The van der Waals surface area contributed by atoms with Gasteiger partial charge < -0.3 is 5.73 Å². The zero-order chi connectivity index (χ0) is 15.5. The third kappa shape index (κ3) is 4.82. The molecule has 0 aliphatic carbocycles. The second-order valence-electron chi connectivity index (χ2n) is 4.87. The van der Waals surface area contributed by atoms with Crippen LogP contribution in [-0.4, -0.2) is 11.0 Å². The molecule has 6 heteroatoms. The Balaban J connectivity index is 1.98. The van der Waals surface area contributed by atoms with E-state index in [1.807, 2.05) is 6.07 Å². The molecule has 0 radical (unpaired) electrons. The Morgan fingerprint density at radius 2 is 1.67 bits per heavy atom. The van der Waals surface area contributed by atoms with Crippen LogP contribution in [0, 0.1) is 0 Å². The van der Waals surface area contributed by atoms with E-state index in [0.717, 1.165) is 27.7 Å². The molecule has 2 rings (SSSR count). The standard InChI is InChI=1S/C15H14BrF3N2/c16-13-5-11(8-21-9-13)7-14(20)6-10-1-3-12(4-2-10)15(17,18)19/h1-5,8-9,14H,6-7,20H2. The fourth-order valence-corrected chi connectivity index (χ4v) is 2.49. The second-order valence-corrected chi connectivity index (χ2v) is 5.79. The van der Waals surface area contributed by atoms with E-state index in [1.165, 1.54) is 12.1 Å². The molecule has 0 aliphatic heterocycles. The summed E-state index contributed by atoms with van der Waals surface area (Å²) in [5.41, 5.74) is 7.18. The highest BCUT2D eigenvalue weighted by Crippen LogP contribution is 2.29. The number of hydrogen-bond acceptors (Lipinski definition) is 2. The van der Waals surface area contributed by atoms with Crippen molar-refractivity contribution in [3.63, 3.8) is 0 Å². The number of hydrogen-bond donors (Lipinski definition) is 1. The minimum Gasteiger partial charge on any atom is -0.327 e. The van der Waals surface area contributed by atoms with Gasteiger partial charge in [0.15, 0.2) is 0 Å². The number of pyridine rings is 1. The van der Waals surface area contributed by atoms with E-state index in [2.05, 4.69) is 20.9 Å². The Kier molecular flexibility index (Phi) is 5.00. The Morgan fingerprint density at radius 1 is 1.05 bits per heavy atom. The number of halogens is 4. The van der Waals surface area contributed by atoms with Gasteiger partial charge in [-0.25, -0.2) is 0 Å². The molecule has 0 aliphatic rings. The van der Waals surface area contributed by atoms with Gasteiger partial charge in [-0.3, -0.25) is 4.98 Å². The second kappa shape index (κ2) is 6.58. The third-order valence-electron chi connectivity index (χ3n) is 3.04. The van der Waals surface area contributed by atoms with E-state index >= 15 is 0 Å². The molecular formula is C15H14BrF3N2. The van der Waals surface area contributed by atoms with Crippen molar-refractivity contribution in [1.82, 2.24) is 4.98 Å². The molecule has 0 saturated heterocycles. The van der Waals surface area contributed by atoms with Crippen LogP contribution in [0.5, 0.6) is 0 Å². The first kappa shape index (κ1) is 16.0. The van der Waals surface area contributed by atoms with Gasteiger partial charge in [-0.2, -0.15) is 13.2 Å². The molecule has 2 nitrogen and oxygen atoms in total. The maximum atomic E-state index is 12.5. The number of rotatable bonds is 4. The Morgan fingerprint density at radius 3 is 2.24 bits per heavy atom. The predicted molar refractivity (Wildman–Crippen MR) is 78.8 cm³/mol. The van der Waals surface area contributed by atoms with Crippen LogP contribution in [-0.2, 0) is 19.0 Å². The molecule has 0 spiro atoms. The van der Waals surface area contributed by atoms with Gasteiger partial charge in [0.2, 0.25) is 0 Å². The zero-order valence-corrected chi connectivity index (χ0v) is 12.7. The van der Waals surface area contributed by atoms with Gasteiger partial charge in [-0.1, -0.05) is 12.1 Å². The lowest BCUT2D eigenvalue weighted by Crippen LogP contribution is -2.25. The zero-order valence-electron chi connectivity index (χ0n) is 11.1.